The van der Waals surface area contributed by atoms with Crippen LogP contribution >= 0.6 is 7.26 Å². The SMILES string of the molecule is CC(=O)c1ccc([P+](c2ccccc2)(c2ccccc2)c2ccccc2)cc1.NCCNCC(=O)[O-].NCCNCC(=O)[O-].NCCNCC(=O)[O-].NCCNCC(=O)[O-].[Fe+3]. The van der Waals surface area contributed by atoms with Crippen molar-refractivity contribution in [3.05, 3.63) is 121 Å². The summed E-state index contributed by atoms with van der Waals surface area (Å²) in [6, 6.07) is 40.4. The number of Topliss-reactive ketones (excluding diaryl/α,β-unsaturated/α-hetero) is 1. The van der Waals surface area contributed by atoms with Crippen molar-refractivity contribution in [3.63, 3.8) is 0 Å². The van der Waals surface area contributed by atoms with Crippen molar-refractivity contribution in [3.8, 4) is 0 Å². The number of hydrogen-bond donors (Lipinski definition) is 8. The predicted molar refractivity (Wildman–Crippen MR) is 229 cm³/mol. The molecule has 19 heteroatoms. The molecule has 0 unspecified atom stereocenters. The average Bonchev–Trinajstić information content (AvgIpc) is 3.23. The van der Waals surface area contributed by atoms with Crippen molar-refractivity contribution in [2.75, 3.05) is 78.5 Å². The van der Waals surface area contributed by atoms with Crippen molar-refractivity contribution >= 4 is 58.1 Å². The summed E-state index contributed by atoms with van der Waals surface area (Å²) in [4.78, 5) is 50.5. The number of carbonyl (C=O) groups excluding carboxylic acids is 5. The predicted octanol–water partition coefficient (Wildman–Crippen LogP) is -6.36. The molecular formula is C42H58FeN8O9P. The molecule has 0 heterocycles. The van der Waals surface area contributed by atoms with E-state index in [-0.39, 0.29) is 49.0 Å². The number of benzene rings is 4. The zero-order chi connectivity index (χ0) is 45.0. The standard InChI is InChI=1S/C26H22OP.4C4H10N2O2.Fe/c1-21(27)22-17-19-26(20-18-22)28(23-11-5-2-6-12-23,24-13-7-3-8-14-24)25-15-9-4-10-16-25;4*5-1-2-6-3-4(7)8;/h2-20H,1H3;4*6H,1-3,5H2,(H,7,8);/q+1;;;;;+3/p-4. The third kappa shape index (κ3) is 26.1. The van der Waals surface area contributed by atoms with Crippen LogP contribution in [0.5, 0.6) is 0 Å². The van der Waals surface area contributed by atoms with E-state index < -0.39 is 31.1 Å². The van der Waals surface area contributed by atoms with Gasteiger partial charge in [0.05, 0.1) is 23.9 Å². The van der Waals surface area contributed by atoms with E-state index in [0.717, 1.165) is 5.56 Å². The molecular weight excluding hydrogens is 847 g/mol. The molecule has 17 nitrogen and oxygen atoms in total. The van der Waals surface area contributed by atoms with Crippen LogP contribution in [0.3, 0.4) is 0 Å². The molecule has 61 heavy (non-hydrogen) atoms. The second kappa shape index (κ2) is 36.9. The van der Waals surface area contributed by atoms with Gasteiger partial charge in [-0.25, -0.2) is 0 Å². The van der Waals surface area contributed by atoms with Crippen molar-refractivity contribution in [2.45, 2.75) is 6.92 Å². The molecule has 0 fully saturated rings. The van der Waals surface area contributed by atoms with Crippen LogP contribution in [-0.4, -0.2) is 108 Å². The van der Waals surface area contributed by atoms with Crippen LogP contribution in [0.25, 0.3) is 0 Å². The minimum Gasteiger partial charge on any atom is -0.549 e. The number of nitrogens with one attached hydrogen (secondary N) is 4. The Bertz CT molecular complexity index is 1590. The minimum absolute atomic E-state index is 0. The Morgan fingerprint density at radius 1 is 0.426 bits per heavy atom. The zero-order valence-corrected chi connectivity index (χ0v) is 36.2. The van der Waals surface area contributed by atoms with Crippen molar-refractivity contribution in [2.24, 2.45) is 22.9 Å². The number of carbonyl (C=O) groups is 5. The molecule has 0 saturated carbocycles. The summed E-state index contributed by atoms with van der Waals surface area (Å²) in [5.74, 6) is -4.30. The summed E-state index contributed by atoms with van der Waals surface area (Å²) >= 11 is 0. The Balaban J connectivity index is 0. The number of carboxylic acids is 4. The third-order valence-electron chi connectivity index (χ3n) is 7.45. The van der Waals surface area contributed by atoms with Crippen LogP contribution in [0, 0.1) is 0 Å². The van der Waals surface area contributed by atoms with Gasteiger partial charge in [0.1, 0.15) is 28.5 Å². The molecule has 0 aliphatic rings. The number of carboxylic acid groups (broad SMARTS) is 4. The number of aliphatic carboxylic acids is 4. The van der Waals surface area contributed by atoms with Gasteiger partial charge in [-0.15, -0.1) is 0 Å². The number of nitrogens with two attached hydrogens (primary N) is 4. The van der Waals surface area contributed by atoms with Crippen molar-refractivity contribution in [1.82, 2.24) is 21.3 Å². The first-order chi connectivity index (χ1) is 28.8. The first kappa shape index (κ1) is 58.2. The molecule has 1 radical (unpaired) electrons. The summed E-state index contributed by atoms with van der Waals surface area (Å²) in [5, 5.41) is 54.0. The molecule has 4 aromatic carbocycles. The largest absolute Gasteiger partial charge is 3.00 e. The van der Waals surface area contributed by atoms with Gasteiger partial charge in [0.2, 0.25) is 0 Å². The van der Waals surface area contributed by atoms with Crippen LogP contribution in [0.1, 0.15) is 17.3 Å². The second-order valence-corrected chi connectivity index (χ2v) is 15.5. The van der Waals surface area contributed by atoms with Gasteiger partial charge in [-0.1, -0.05) is 54.6 Å². The topological polar surface area (TPSA) is 330 Å². The normalized spacial score (nSPS) is 9.92. The maximum absolute atomic E-state index is 11.8. The Labute approximate surface area is 368 Å². The Hall–Kier alpha value is -4.94. The van der Waals surface area contributed by atoms with Gasteiger partial charge in [0, 0.05) is 84.1 Å². The molecule has 0 bridgehead atoms. The molecule has 4 aromatic rings. The van der Waals surface area contributed by atoms with E-state index in [0.29, 0.717) is 52.4 Å². The quantitative estimate of drug-likeness (QED) is 0.0167. The fourth-order valence-corrected chi connectivity index (χ4v) is 9.18. The van der Waals surface area contributed by atoms with Crippen molar-refractivity contribution < 1.29 is 61.5 Å². The first-order valence-corrected chi connectivity index (χ1v) is 20.7. The van der Waals surface area contributed by atoms with Crippen LogP contribution in [-0.2, 0) is 36.2 Å². The van der Waals surface area contributed by atoms with Gasteiger partial charge in [0.25, 0.3) is 0 Å². The van der Waals surface area contributed by atoms with Gasteiger partial charge < -0.3 is 83.8 Å². The van der Waals surface area contributed by atoms with E-state index in [1.165, 1.54) is 21.2 Å². The van der Waals surface area contributed by atoms with Crippen LogP contribution in [0.2, 0.25) is 0 Å². The van der Waals surface area contributed by atoms with Crippen LogP contribution in [0.15, 0.2) is 115 Å². The van der Waals surface area contributed by atoms with E-state index in [4.69, 9.17) is 22.9 Å². The molecule has 12 N–H and O–H groups in total. The Morgan fingerprint density at radius 3 is 0.852 bits per heavy atom. The molecule has 0 aliphatic heterocycles. The second-order valence-electron chi connectivity index (χ2n) is 12.1. The van der Waals surface area contributed by atoms with Gasteiger partial charge in [-0.3, -0.25) is 4.79 Å². The van der Waals surface area contributed by atoms with Crippen LogP contribution < -0.4 is 85.8 Å². The maximum atomic E-state index is 11.8. The Kier molecular flexibility index (Phi) is 35.2. The number of ketones is 1. The van der Waals surface area contributed by atoms with E-state index in [1.54, 1.807) is 6.92 Å². The molecule has 0 saturated heterocycles. The Morgan fingerprint density at radius 2 is 0.656 bits per heavy atom. The van der Waals surface area contributed by atoms with E-state index in [2.05, 4.69) is 124 Å². The molecule has 4 rings (SSSR count). The molecule has 0 aliphatic carbocycles. The summed E-state index contributed by atoms with van der Waals surface area (Å²) in [7, 11) is -2.07. The van der Waals surface area contributed by atoms with Gasteiger partial charge >= 0.3 is 17.1 Å². The molecule has 333 valence electrons. The minimum atomic E-state index is -2.07. The van der Waals surface area contributed by atoms with E-state index >= 15 is 0 Å². The van der Waals surface area contributed by atoms with E-state index in [9.17, 15) is 44.4 Å². The fourth-order valence-electron chi connectivity index (χ4n) is 4.94. The first-order valence-electron chi connectivity index (χ1n) is 18.9. The monoisotopic (exact) mass is 905 g/mol. The summed E-state index contributed by atoms with van der Waals surface area (Å²) in [6.07, 6.45) is 0. The molecule has 0 amide bonds. The number of hydrogen-bond acceptors (Lipinski definition) is 17. The third-order valence-corrected chi connectivity index (χ3v) is 11.7. The van der Waals surface area contributed by atoms with Crippen LogP contribution in [0.4, 0.5) is 0 Å². The smallest absolute Gasteiger partial charge is 0.549 e. The molecule has 0 atom stereocenters. The van der Waals surface area contributed by atoms with Gasteiger partial charge in [-0.05, 0) is 67.6 Å². The van der Waals surface area contributed by atoms with Gasteiger partial charge in [-0.2, -0.15) is 0 Å². The average molecular weight is 906 g/mol. The van der Waals surface area contributed by atoms with Crippen molar-refractivity contribution in [1.29, 1.82) is 0 Å². The molecule has 0 aromatic heterocycles. The summed E-state index contributed by atoms with van der Waals surface area (Å²) in [6.45, 7) is 5.05. The van der Waals surface area contributed by atoms with E-state index in [1.807, 2.05) is 12.1 Å². The maximum Gasteiger partial charge on any atom is 3.00 e. The molecule has 0 spiro atoms. The summed E-state index contributed by atoms with van der Waals surface area (Å²) < 4.78 is 0. The number of rotatable bonds is 21. The fraction of sp³-hybridized carbons (Fsp3) is 0.310. The zero-order valence-electron chi connectivity index (χ0n) is 34.2. The summed E-state index contributed by atoms with van der Waals surface area (Å²) in [5.41, 5.74) is 20.9. The van der Waals surface area contributed by atoms with Gasteiger partial charge in [0.15, 0.2) is 5.78 Å².